The zero-order valence-electron chi connectivity index (χ0n) is 9.91. The maximum atomic E-state index is 13.6. The van der Waals surface area contributed by atoms with Gasteiger partial charge in [-0.3, -0.25) is 14.7 Å². The number of Topliss-reactive ketones (excluding diaryl/α,β-unsaturated/α-hetero) is 2. The molecule has 2 N–H and O–H groups in total. The highest BCUT2D eigenvalue weighted by Gasteiger charge is 2.33. The van der Waals surface area contributed by atoms with E-state index in [4.69, 9.17) is 11.6 Å². The standard InChI is InChI=1S/C13H7ClFN3O2/c14-9-11(17-8-4-2-1-3-7(8)15)12(19)6-5-16-18-10(6)13(9)20/h1-5,17H,(H,16,18). The predicted octanol–water partition coefficient (Wildman–Crippen LogP) is 2.49. The fourth-order valence-electron chi connectivity index (χ4n) is 1.90. The van der Waals surface area contributed by atoms with Gasteiger partial charge in [0.05, 0.1) is 17.4 Å². The summed E-state index contributed by atoms with van der Waals surface area (Å²) in [6.45, 7) is 0. The minimum absolute atomic E-state index is 0.0408. The first-order valence-corrected chi connectivity index (χ1v) is 6.01. The molecule has 0 bridgehead atoms. The molecule has 20 heavy (non-hydrogen) atoms. The van der Waals surface area contributed by atoms with Gasteiger partial charge in [-0.15, -0.1) is 0 Å². The molecule has 1 aromatic heterocycles. The Morgan fingerprint density at radius 2 is 1.95 bits per heavy atom. The Balaban J connectivity index is 2.05. The Kier molecular flexibility index (Phi) is 2.87. The molecule has 0 unspecified atom stereocenters. The van der Waals surface area contributed by atoms with Crippen molar-refractivity contribution >= 4 is 28.9 Å². The second-order valence-corrected chi connectivity index (χ2v) is 4.49. The average molecular weight is 292 g/mol. The van der Waals surface area contributed by atoms with Crippen LogP contribution in [0.4, 0.5) is 10.1 Å². The van der Waals surface area contributed by atoms with Gasteiger partial charge < -0.3 is 5.32 Å². The SMILES string of the molecule is O=C1C(Nc2ccccc2F)=C(Cl)C(=O)c2[nH]ncc21. The number of hydrogen-bond acceptors (Lipinski definition) is 4. The Bertz CT molecular complexity index is 766. The number of anilines is 1. The molecule has 0 saturated carbocycles. The molecular formula is C13H7ClFN3O2. The van der Waals surface area contributed by atoms with E-state index in [9.17, 15) is 14.0 Å². The van der Waals surface area contributed by atoms with Crippen LogP contribution in [0.15, 0.2) is 41.2 Å². The fraction of sp³-hybridized carbons (Fsp3) is 0. The summed E-state index contributed by atoms with van der Waals surface area (Å²) in [5.41, 5.74) is 0.0572. The quantitative estimate of drug-likeness (QED) is 0.891. The van der Waals surface area contributed by atoms with E-state index >= 15 is 0 Å². The van der Waals surface area contributed by atoms with Crippen LogP contribution in [-0.2, 0) is 0 Å². The third-order valence-corrected chi connectivity index (χ3v) is 3.25. The number of allylic oxidation sites excluding steroid dienone is 2. The van der Waals surface area contributed by atoms with Gasteiger partial charge in [0, 0.05) is 0 Å². The molecule has 0 aliphatic heterocycles. The van der Waals surface area contributed by atoms with E-state index in [0.29, 0.717) is 0 Å². The molecule has 0 spiro atoms. The number of carbonyl (C=O) groups is 2. The van der Waals surface area contributed by atoms with Gasteiger partial charge >= 0.3 is 0 Å². The number of nitrogens with zero attached hydrogens (tertiary/aromatic N) is 1. The van der Waals surface area contributed by atoms with E-state index in [0.717, 1.165) is 0 Å². The van der Waals surface area contributed by atoms with E-state index in [1.807, 2.05) is 0 Å². The van der Waals surface area contributed by atoms with Crippen molar-refractivity contribution in [2.75, 3.05) is 5.32 Å². The summed E-state index contributed by atoms with van der Waals surface area (Å²) < 4.78 is 13.6. The van der Waals surface area contributed by atoms with Crippen molar-refractivity contribution in [1.82, 2.24) is 10.2 Å². The molecule has 2 aromatic rings. The van der Waals surface area contributed by atoms with Crippen LogP contribution < -0.4 is 5.32 Å². The summed E-state index contributed by atoms with van der Waals surface area (Å²) in [7, 11) is 0. The zero-order chi connectivity index (χ0) is 14.3. The Morgan fingerprint density at radius 3 is 2.70 bits per heavy atom. The van der Waals surface area contributed by atoms with Gasteiger partial charge in [0.25, 0.3) is 0 Å². The smallest absolute Gasteiger partial charge is 0.225 e. The number of H-pyrrole nitrogens is 1. The molecule has 1 aromatic carbocycles. The first-order valence-electron chi connectivity index (χ1n) is 5.63. The minimum atomic E-state index is -0.558. The number of rotatable bonds is 2. The largest absolute Gasteiger partial charge is 0.349 e. The number of carbonyl (C=O) groups excluding carboxylic acids is 2. The van der Waals surface area contributed by atoms with Crippen LogP contribution in [0.1, 0.15) is 20.8 Å². The van der Waals surface area contributed by atoms with Crippen LogP contribution in [-0.4, -0.2) is 21.8 Å². The minimum Gasteiger partial charge on any atom is -0.349 e. The van der Waals surface area contributed by atoms with E-state index in [-0.39, 0.29) is 27.7 Å². The number of fused-ring (bicyclic) bond motifs is 1. The molecule has 0 saturated heterocycles. The fourth-order valence-corrected chi connectivity index (χ4v) is 2.13. The van der Waals surface area contributed by atoms with Crippen molar-refractivity contribution in [2.45, 2.75) is 0 Å². The van der Waals surface area contributed by atoms with Crippen molar-refractivity contribution in [2.24, 2.45) is 0 Å². The first-order chi connectivity index (χ1) is 9.59. The van der Waals surface area contributed by atoms with E-state index in [1.54, 1.807) is 6.07 Å². The number of benzene rings is 1. The van der Waals surface area contributed by atoms with Gasteiger partial charge in [-0.05, 0) is 12.1 Å². The third kappa shape index (κ3) is 1.81. The second-order valence-electron chi connectivity index (χ2n) is 4.11. The van der Waals surface area contributed by atoms with E-state index in [1.165, 1.54) is 24.4 Å². The molecule has 1 aliphatic rings. The van der Waals surface area contributed by atoms with Crippen LogP contribution in [0.25, 0.3) is 0 Å². The summed E-state index contributed by atoms with van der Waals surface area (Å²) in [6, 6.07) is 5.78. The number of aromatic amines is 1. The lowest BCUT2D eigenvalue weighted by atomic mass is 9.99. The topological polar surface area (TPSA) is 74.8 Å². The summed E-state index contributed by atoms with van der Waals surface area (Å²) in [4.78, 5) is 24.2. The van der Waals surface area contributed by atoms with E-state index < -0.39 is 17.4 Å². The number of halogens is 2. The molecule has 0 atom stereocenters. The molecule has 3 rings (SSSR count). The maximum absolute atomic E-state index is 13.6. The highest BCUT2D eigenvalue weighted by molar-refractivity contribution is 6.50. The normalized spacial score (nSPS) is 14.5. The van der Waals surface area contributed by atoms with Crippen molar-refractivity contribution < 1.29 is 14.0 Å². The van der Waals surface area contributed by atoms with Crippen molar-refractivity contribution in [3.8, 4) is 0 Å². The lowest BCUT2D eigenvalue weighted by molar-refractivity contribution is 0.0979. The van der Waals surface area contributed by atoms with Gasteiger partial charge in [-0.2, -0.15) is 5.10 Å². The first kappa shape index (κ1) is 12.6. The van der Waals surface area contributed by atoms with Crippen molar-refractivity contribution in [1.29, 1.82) is 0 Å². The molecule has 0 fully saturated rings. The molecule has 0 amide bonds. The van der Waals surface area contributed by atoms with Crippen LogP contribution in [0.2, 0.25) is 0 Å². The van der Waals surface area contributed by atoms with Crippen LogP contribution >= 0.6 is 11.6 Å². The van der Waals surface area contributed by atoms with Gasteiger partial charge in [0.2, 0.25) is 11.6 Å². The predicted molar refractivity (Wildman–Crippen MR) is 70.2 cm³/mol. The Hall–Kier alpha value is -2.47. The number of ketones is 2. The summed E-state index contributed by atoms with van der Waals surface area (Å²) >= 11 is 5.89. The van der Waals surface area contributed by atoms with Gasteiger partial charge in [0.15, 0.2) is 0 Å². The average Bonchev–Trinajstić information content (AvgIpc) is 2.93. The maximum Gasteiger partial charge on any atom is 0.225 e. The molecule has 5 nitrogen and oxygen atoms in total. The zero-order valence-corrected chi connectivity index (χ0v) is 10.7. The number of para-hydroxylation sites is 1. The van der Waals surface area contributed by atoms with Crippen LogP contribution in [0.5, 0.6) is 0 Å². The summed E-state index contributed by atoms with van der Waals surface area (Å²) in [5, 5.41) is 8.34. The highest BCUT2D eigenvalue weighted by Crippen LogP contribution is 2.28. The molecule has 100 valence electrons. The van der Waals surface area contributed by atoms with Gasteiger partial charge in [0.1, 0.15) is 22.2 Å². The molecular weight excluding hydrogens is 285 g/mol. The molecule has 0 radical (unpaired) electrons. The summed E-state index contributed by atoms with van der Waals surface area (Å²) in [6.07, 6.45) is 1.24. The number of hydrogen-bond donors (Lipinski definition) is 2. The van der Waals surface area contributed by atoms with E-state index in [2.05, 4.69) is 15.5 Å². The van der Waals surface area contributed by atoms with Crippen LogP contribution in [0, 0.1) is 5.82 Å². The second kappa shape index (κ2) is 4.57. The lowest BCUT2D eigenvalue weighted by Crippen LogP contribution is -2.24. The lowest BCUT2D eigenvalue weighted by Gasteiger charge is -2.16. The van der Waals surface area contributed by atoms with Crippen molar-refractivity contribution in [3.63, 3.8) is 0 Å². The Morgan fingerprint density at radius 1 is 1.20 bits per heavy atom. The molecule has 1 aliphatic carbocycles. The summed E-state index contributed by atoms with van der Waals surface area (Å²) in [5.74, 6) is -1.62. The third-order valence-electron chi connectivity index (χ3n) is 2.89. The highest BCUT2D eigenvalue weighted by atomic mass is 35.5. The number of nitrogens with one attached hydrogen (secondary N) is 2. The Labute approximate surface area is 117 Å². The van der Waals surface area contributed by atoms with Crippen LogP contribution in [0.3, 0.4) is 0 Å². The van der Waals surface area contributed by atoms with Gasteiger partial charge in [-0.25, -0.2) is 4.39 Å². The van der Waals surface area contributed by atoms with Gasteiger partial charge in [-0.1, -0.05) is 23.7 Å². The monoisotopic (exact) mass is 291 g/mol. The number of aromatic nitrogens is 2. The molecule has 7 heteroatoms. The van der Waals surface area contributed by atoms with Crippen molar-refractivity contribution in [3.05, 3.63) is 58.3 Å². The molecule has 1 heterocycles.